The molecular formula is C10H18N2O2. The zero-order valence-electron chi connectivity index (χ0n) is 8.45. The lowest BCUT2D eigenvalue weighted by Gasteiger charge is -2.38. The molecule has 2 rings (SSSR count). The Morgan fingerprint density at radius 1 is 1.36 bits per heavy atom. The van der Waals surface area contributed by atoms with Gasteiger partial charge in [0.2, 0.25) is 0 Å². The first-order valence-corrected chi connectivity index (χ1v) is 5.48. The van der Waals surface area contributed by atoms with Crippen LogP contribution in [0.1, 0.15) is 32.1 Å². The second-order valence-corrected chi connectivity index (χ2v) is 4.14. The van der Waals surface area contributed by atoms with Gasteiger partial charge in [-0.3, -0.25) is 0 Å². The van der Waals surface area contributed by atoms with E-state index in [2.05, 4.69) is 0 Å². The Morgan fingerprint density at radius 2 is 2.07 bits per heavy atom. The minimum absolute atomic E-state index is 0.154. The van der Waals surface area contributed by atoms with Crippen molar-refractivity contribution in [3.63, 3.8) is 0 Å². The van der Waals surface area contributed by atoms with E-state index in [4.69, 9.17) is 10.5 Å². The largest absolute Gasteiger partial charge is 0.449 e. The summed E-state index contributed by atoms with van der Waals surface area (Å²) in [6, 6.07) is 0.593. The molecule has 14 heavy (non-hydrogen) atoms. The van der Waals surface area contributed by atoms with Crippen molar-refractivity contribution in [2.75, 3.05) is 13.2 Å². The number of cyclic esters (lactones) is 1. The van der Waals surface area contributed by atoms with Crippen LogP contribution in [0.2, 0.25) is 0 Å². The third-order valence-corrected chi connectivity index (χ3v) is 3.27. The second-order valence-electron chi connectivity index (χ2n) is 4.14. The molecule has 1 saturated carbocycles. The molecule has 4 nitrogen and oxygen atoms in total. The number of amides is 1. The van der Waals surface area contributed by atoms with Gasteiger partial charge in [-0.1, -0.05) is 12.8 Å². The molecule has 0 aromatic rings. The van der Waals surface area contributed by atoms with Crippen molar-refractivity contribution in [3.8, 4) is 0 Å². The van der Waals surface area contributed by atoms with Crippen LogP contribution in [0.4, 0.5) is 4.79 Å². The van der Waals surface area contributed by atoms with Gasteiger partial charge in [-0.25, -0.2) is 4.79 Å². The van der Waals surface area contributed by atoms with Crippen LogP contribution in [-0.4, -0.2) is 36.2 Å². The summed E-state index contributed by atoms with van der Waals surface area (Å²) in [7, 11) is 0. The lowest BCUT2D eigenvalue weighted by molar-refractivity contribution is 0.0274. The van der Waals surface area contributed by atoms with Crippen molar-refractivity contribution in [2.24, 2.45) is 5.73 Å². The van der Waals surface area contributed by atoms with Crippen molar-refractivity contribution in [1.82, 2.24) is 4.90 Å². The van der Waals surface area contributed by atoms with Crippen molar-refractivity contribution in [1.29, 1.82) is 0 Å². The number of carbonyl (C=O) groups excluding carboxylic acids is 1. The summed E-state index contributed by atoms with van der Waals surface area (Å²) in [5.41, 5.74) is 5.67. The minimum Gasteiger partial charge on any atom is -0.449 e. The lowest BCUT2D eigenvalue weighted by Crippen LogP contribution is -2.53. The molecule has 1 aliphatic heterocycles. The molecule has 2 fully saturated rings. The fraction of sp³-hybridized carbons (Fsp3) is 0.900. The zero-order valence-corrected chi connectivity index (χ0v) is 8.45. The highest BCUT2D eigenvalue weighted by molar-refractivity contribution is 5.69. The van der Waals surface area contributed by atoms with Gasteiger partial charge in [-0.2, -0.15) is 0 Å². The van der Waals surface area contributed by atoms with E-state index < -0.39 is 0 Å². The first-order chi connectivity index (χ1) is 6.83. The van der Waals surface area contributed by atoms with Gasteiger partial charge in [0.15, 0.2) is 0 Å². The quantitative estimate of drug-likeness (QED) is 0.722. The van der Waals surface area contributed by atoms with E-state index in [9.17, 15) is 4.79 Å². The fourth-order valence-corrected chi connectivity index (χ4v) is 2.51. The highest BCUT2D eigenvalue weighted by Crippen LogP contribution is 2.28. The van der Waals surface area contributed by atoms with Gasteiger partial charge in [0, 0.05) is 19.0 Å². The minimum atomic E-state index is -0.154. The normalized spacial score (nSPS) is 29.4. The number of carbonyl (C=O) groups is 1. The van der Waals surface area contributed by atoms with Gasteiger partial charge < -0.3 is 15.4 Å². The maximum absolute atomic E-state index is 11.6. The maximum Gasteiger partial charge on any atom is 0.410 e. The molecule has 0 radical (unpaired) electrons. The molecule has 1 atom stereocenters. The van der Waals surface area contributed by atoms with Crippen LogP contribution in [0.15, 0.2) is 0 Å². The zero-order chi connectivity index (χ0) is 9.97. The molecule has 2 aliphatic rings. The Hall–Kier alpha value is -0.770. The molecule has 0 aromatic carbocycles. The van der Waals surface area contributed by atoms with E-state index in [0.29, 0.717) is 19.2 Å². The highest BCUT2D eigenvalue weighted by atomic mass is 16.6. The molecular weight excluding hydrogens is 180 g/mol. The smallest absolute Gasteiger partial charge is 0.410 e. The predicted molar refractivity (Wildman–Crippen MR) is 52.9 cm³/mol. The van der Waals surface area contributed by atoms with Crippen LogP contribution < -0.4 is 5.73 Å². The van der Waals surface area contributed by atoms with E-state index in [-0.39, 0.29) is 12.1 Å². The molecule has 0 bridgehead atoms. The SMILES string of the molecule is NCC1CCOC(=O)N1C1CCCC1. The molecule has 4 heteroatoms. The van der Waals surface area contributed by atoms with Gasteiger partial charge in [0.1, 0.15) is 0 Å². The average Bonchev–Trinajstić information content (AvgIpc) is 2.70. The molecule has 1 aliphatic carbocycles. The fourth-order valence-electron chi connectivity index (χ4n) is 2.51. The lowest BCUT2D eigenvalue weighted by atomic mass is 10.1. The van der Waals surface area contributed by atoms with Crippen LogP contribution in [-0.2, 0) is 4.74 Å². The van der Waals surface area contributed by atoms with Gasteiger partial charge >= 0.3 is 6.09 Å². The molecule has 0 aromatic heterocycles. The van der Waals surface area contributed by atoms with Gasteiger partial charge in [0.05, 0.1) is 12.6 Å². The predicted octanol–water partition coefficient (Wildman–Crippen LogP) is 1.10. The number of rotatable bonds is 2. The summed E-state index contributed by atoms with van der Waals surface area (Å²) < 4.78 is 5.07. The monoisotopic (exact) mass is 198 g/mol. The van der Waals surface area contributed by atoms with Crippen molar-refractivity contribution < 1.29 is 9.53 Å². The standard InChI is InChI=1S/C10H18N2O2/c11-7-9-5-6-14-10(13)12(9)8-3-1-2-4-8/h8-9H,1-7,11H2. The number of nitrogens with two attached hydrogens (primary N) is 1. The van der Waals surface area contributed by atoms with Crippen LogP contribution in [0.5, 0.6) is 0 Å². The van der Waals surface area contributed by atoms with Gasteiger partial charge in [-0.15, -0.1) is 0 Å². The molecule has 80 valence electrons. The summed E-state index contributed by atoms with van der Waals surface area (Å²) in [6.45, 7) is 1.09. The molecule has 2 N–H and O–H groups in total. The van der Waals surface area contributed by atoms with E-state index in [1.54, 1.807) is 0 Å². The summed E-state index contributed by atoms with van der Waals surface area (Å²) in [6.07, 6.45) is 5.42. The van der Waals surface area contributed by atoms with Crippen LogP contribution >= 0.6 is 0 Å². The van der Waals surface area contributed by atoms with E-state index in [1.165, 1.54) is 12.8 Å². The Balaban J connectivity index is 2.06. The summed E-state index contributed by atoms with van der Waals surface area (Å²) in [4.78, 5) is 13.5. The molecule has 1 unspecified atom stereocenters. The summed E-state index contributed by atoms with van der Waals surface area (Å²) in [5, 5.41) is 0. The highest BCUT2D eigenvalue weighted by Gasteiger charge is 2.35. The first-order valence-electron chi connectivity index (χ1n) is 5.48. The van der Waals surface area contributed by atoms with E-state index in [1.807, 2.05) is 4.90 Å². The van der Waals surface area contributed by atoms with Crippen molar-refractivity contribution in [3.05, 3.63) is 0 Å². The van der Waals surface area contributed by atoms with E-state index >= 15 is 0 Å². The maximum atomic E-state index is 11.6. The number of hydrogen-bond acceptors (Lipinski definition) is 3. The van der Waals surface area contributed by atoms with Crippen molar-refractivity contribution >= 4 is 6.09 Å². The third kappa shape index (κ3) is 1.71. The van der Waals surface area contributed by atoms with Crippen LogP contribution in [0.3, 0.4) is 0 Å². The Bertz CT molecular complexity index is 212. The first kappa shape index (κ1) is 9.77. The van der Waals surface area contributed by atoms with Crippen LogP contribution in [0, 0.1) is 0 Å². The topological polar surface area (TPSA) is 55.6 Å². The second kappa shape index (κ2) is 4.17. The number of hydrogen-bond donors (Lipinski definition) is 1. The molecule has 1 heterocycles. The average molecular weight is 198 g/mol. The summed E-state index contributed by atoms with van der Waals surface area (Å²) in [5.74, 6) is 0. The van der Waals surface area contributed by atoms with Gasteiger partial charge in [0.25, 0.3) is 0 Å². The van der Waals surface area contributed by atoms with Gasteiger partial charge in [-0.05, 0) is 12.8 Å². The third-order valence-electron chi connectivity index (χ3n) is 3.27. The number of nitrogens with zero attached hydrogens (tertiary/aromatic N) is 1. The Kier molecular flexibility index (Phi) is 2.91. The van der Waals surface area contributed by atoms with Crippen molar-refractivity contribution in [2.45, 2.75) is 44.2 Å². The van der Waals surface area contributed by atoms with E-state index in [0.717, 1.165) is 19.3 Å². The Morgan fingerprint density at radius 3 is 2.71 bits per heavy atom. The molecule has 0 spiro atoms. The number of ether oxygens (including phenoxy) is 1. The Labute approximate surface area is 84.4 Å². The molecule has 1 amide bonds. The summed E-state index contributed by atoms with van der Waals surface area (Å²) >= 11 is 0. The molecule has 1 saturated heterocycles. The van der Waals surface area contributed by atoms with Crippen LogP contribution in [0.25, 0.3) is 0 Å².